The number of sulfone groups is 1. The van der Waals surface area contributed by atoms with Gasteiger partial charge in [-0.3, -0.25) is 0 Å². The molecule has 1 heterocycles. The lowest BCUT2D eigenvalue weighted by Crippen LogP contribution is -2.46. The van der Waals surface area contributed by atoms with Gasteiger partial charge in [0.2, 0.25) is 10.0 Å². The summed E-state index contributed by atoms with van der Waals surface area (Å²) in [6, 6.07) is 3.63. The molecule has 1 atom stereocenters. The van der Waals surface area contributed by atoms with E-state index >= 15 is 0 Å². The molecule has 0 amide bonds. The number of nitrogens with one attached hydrogen (secondary N) is 1. The van der Waals surface area contributed by atoms with Crippen molar-refractivity contribution in [1.29, 1.82) is 0 Å². The highest BCUT2D eigenvalue weighted by atomic mass is 35.5. The molecule has 1 aliphatic rings. The summed E-state index contributed by atoms with van der Waals surface area (Å²) in [4.78, 5) is -0.587. The van der Waals surface area contributed by atoms with Crippen molar-refractivity contribution in [3.8, 4) is 0 Å². The number of sulfonamides is 1. The van der Waals surface area contributed by atoms with Crippen LogP contribution in [0.4, 0.5) is 4.39 Å². The summed E-state index contributed by atoms with van der Waals surface area (Å²) in [7, 11) is -7.45. The molecule has 2 rings (SSSR count). The fourth-order valence-corrected chi connectivity index (χ4v) is 6.11. The Morgan fingerprint density at radius 2 is 2.05 bits per heavy atom. The molecule has 0 bridgehead atoms. The van der Waals surface area contributed by atoms with Gasteiger partial charge in [-0.25, -0.2) is 25.9 Å². The number of hydrogen-bond donors (Lipinski definition) is 1. The molecule has 0 spiro atoms. The van der Waals surface area contributed by atoms with Crippen LogP contribution in [0.5, 0.6) is 0 Å². The molecule has 1 aromatic carbocycles. The third kappa shape index (κ3) is 3.13. The van der Waals surface area contributed by atoms with E-state index in [2.05, 4.69) is 4.72 Å². The van der Waals surface area contributed by atoms with E-state index in [9.17, 15) is 21.2 Å². The lowest BCUT2D eigenvalue weighted by atomic mass is 10.0. The lowest BCUT2D eigenvalue weighted by Gasteiger charge is -2.23. The van der Waals surface area contributed by atoms with Gasteiger partial charge in [0.25, 0.3) is 0 Å². The Bertz CT molecular complexity index is 748. The van der Waals surface area contributed by atoms with Gasteiger partial charge in [-0.05, 0) is 25.5 Å². The minimum Gasteiger partial charge on any atom is -0.229 e. The number of rotatable bonds is 3. The van der Waals surface area contributed by atoms with Crippen molar-refractivity contribution in [3.63, 3.8) is 0 Å². The molecular formula is C11H13ClFNO4S2. The summed E-state index contributed by atoms with van der Waals surface area (Å²) in [5, 5.41) is -0.308. The first-order chi connectivity index (χ1) is 9.05. The van der Waals surface area contributed by atoms with Gasteiger partial charge in [0.05, 0.1) is 16.5 Å². The van der Waals surface area contributed by atoms with Gasteiger partial charge in [-0.15, -0.1) is 0 Å². The predicted molar refractivity (Wildman–Crippen MR) is 73.4 cm³/mol. The molecule has 112 valence electrons. The zero-order valence-electron chi connectivity index (χ0n) is 10.6. The quantitative estimate of drug-likeness (QED) is 0.899. The second-order valence-electron chi connectivity index (χ2n) is 5.06. The van der Waals surface area contributed by atoms with Gasteiger partial charge in [-0.1, -0.05) is 17.7 Å². The Morgan fingerprint density at radius 3 is 2.60 bits per heavy atom. The summed E-state index contributed by atoms with van der Waals surface area (Å²) in [5.41, 5.74) is -1.13. The molecule has 20 heavy (non-hydrogen) atoms. The third-order valence-corrected chi connectivity index (χ3v) is 6.94. The molecule has 1 fully saturated rings. The van der Waals surface area contributed by atoms with Gasteiger partial charge in [-0.2, -0.15) is 0 Å². The molecule has 1 unspecified atom stereocenters. The van der Waals surface area contributed by atoms with Crippen LogP contribution in [0.15, 0.2) is 23.1 Å². The second kappa shape index (κ2) is 4.94. The van der Waals surface area contributed by atoms with Gasteiger partial charge >= 0.3 is 0 Å². The van der Waals surface area contributed by atoms with Crippen LogP contribution in [-0.4, -0.2) is 33.9 Å². The fraction of sp³-hybridized carbons (Fsp3) is 0.455. The maximum Gasteiger partial charge on any atom is 0.244 e. The smallest absolute Gasteiger partial charge is 0.229 e. The SMILES string of the molecule is CC1(NS(=O)(=O)c2cccc(Cl)c2F)CCS(=O)(=O)C1. The number of hydrogen-bond acceptors (Lipinski definition) is 4. The second-order valence-corrected chi connectivity index (χ2v) is 9.30. The Hall–Kier alpha value is -0.700. The summed E-state index contributed by atoms with van der Waals surface area (Å²) in [5.74, 6) is -1.45. The minimum absolute atomic E-state index is 0.0932. The standard InChI is InChI=1S/C11H13ClFNO4S2/c1-11(5-6-19(15,16)7-11)14-20(17,18)9-4-2-3-8(12)10(9)13/h2-4,14H,5-7H2,1H3. The molecule has 0 radical (unpaired) electrons. The highest BCUT2D eigenvalue weighted by molar-refractivity contribution is 7.92. The monoisotopic (exact) mass is 341 g/mol. The largest absolute Gasteiger partial charge is 0.244 e. The van der Waals surface area contributed by atoms with Crippen LogP contribution < -0.4 is 4.72 Å². The van der Waals surface area contributed by atoms with E-state index in [1.165, 1.54) is 19.1 Å². The molecule has 0 aromatic heterocycles. The third-order valence-electron chi connectivity index (χ3n) is 3.09. The van der Waals surface area contributed by atoms with E-state index in [4.69, 9.17) is 11.6 Å². The molecule has 9 heteroatoms. The zero-order chi connectivity index (χ0) is 15.2. The van der Waals surface area contributed by atoms with Gasteiger partial charge in [0, 0.05) is 5.54 Å². The highest BCUT2D eigenvalue weighted by Crippen LogP contribution is 2.27. The predicted octanol–water partition coefficient (Wildman–Crippen LogP) is 1.33. The van der Waals surface area contributed by atoms with E-state index in [0.29, 0.717) is 0 Å². The van der Waals surface area contributed by atoms with Crippen molar-refractivity contribution in [1.82, 2.24) is 4.72 Å². The van der Waals surface area contributed by atoms with Crippen molar-refractivity contribution >= 4 is 31.5 Å². The summed E-state index contributed by atoms with van der Waals surface area (Å²) >= 11 is 5.55. The van der Waals surface area contributed by atoms with Crippen LogP contribution in [0.3, 0.4) is 0 Å². The molecule has 1 aromatic rings. The first-order valence-electron chi connectivity index (χ1n) is 5.73. The lowest BCUT2D eigenvalue weighted by molar-refractivity contribution is 0.458. The number of halogens is 2. The van der Waals surface area contributed by atoms with Crippen LogP contribution in [0.2, 0.25) is 5.02 Å². The average Bonchev–Trinajstić information content (AvgIpc) is 2.55. The normalized spacial score (nSPS) is 25.8. The molecule has 1 aliphatic heterocycles. The van der Waals surface area contributed by atoms with Crippen molar-refractivity contribution in [2.45, 2.75) is 23.8 Å². The van der Waals surface area contributed by atoms with Crippen LogP contribution in [0.1, 0.15) is 13.3 Å². The fourth-order valence-electron chi connectivity index (χ4n) is 2.16. The topological polar surface area (TPSA) is 80.3 Å². The molecule has 1 saturated heterocycles. The van der Waals surface area contributed by atoms with E-state index < -0.39 is 36.1 Å². The van der Waals surface area contributed by atoms with E-state index in [1.807, 2.05) is 0 Å². The average molecular weight is 342 g/mol. The maximum absolute atomic E-state index is 13.8. The van der Waals surface area contributed by atoms with Gasteiger partial charge in [0.15, 0.2) is 15.7 Å². The molecule has 1 N–H and O–H groups in total. The Balaban J connectivity index is 2.36. The zero-order valence-corrected chi connectivity index (χ0v) is 12.9. The summed E-state index contributed by atoms with van der Waals surface area (Å²) in [6.07, 6.45) is 0.150. The Labute approximate surface area is 122 Å². The summed E-state index contributed by atoms with van der Waals surface area (Å²) in [6.45, 7) is 1.48. The first kappa shape index (κ1) is 15.7. The van der Waals surface area contributed by atoms with Crippen molar-refractivity contribution in [3.05, 3.63) is 29.0 Å². The van der Waals surface area contributed by atoms with Gasteiger partial charge in [0.1, 0.15) is 4.90 Å². The Morgan fingerprint density at radius 1 is 1.40 bits per heavy atom. The van der Waals surface area contributed by atoms with Crippen LogP contribution >= 0.6 is 11.6 Å². The van der Waals surface area contributed by atoms with Gasteiger partial charge < -0.3 is 0 Å². The van der Waals surface area contributed by atoms with E-state index in [-0.39, 0.29) is 22.9 Å². The van der Waals surface area contributed by atoms with Crippen molar-refractivity contribution in [2.75, 3.05) is 11.5 Å². The van der Waals surface area contributed by atoms with Crippen molar-refractivity contribution in [2.24, 2.45) is 0 Å². The first-order valence-corrected chi connectivity index (χ1v) is 9.41. The number of benzene rings is 1. The van der Waals surface area contributed by atoms with Crippen LogP contribution in [-0.2, 0) is 19.9 Å². The van der Waals surface area contributed by atoms with Crippen molar-refractivity contribution < 1.29 is 21.2 Å². The molecule has 0 saturated carbocycles. The Kier molecular flexibility index (Phi) is 3.87. The molecular weight excluding hydrogens is 329 g/mol. The minimum atomic E-state index is -4.18. The maximum atomic E-state index is 13.8. The van der Waals surface area contributed by atoms with E-state index in [0.717, 1.165) is 6.07 Å². The molecule has 5 nitrogen and oxygen atoms in total. The summed E-state index contributed by atoms with van der Waals surface area (Å²) < 4.78 is 63.3. The van der Waals surface area contributed by atoms with Crippen LogP contribution in [0.25, 0.3) is 0 Å². The van der Waals surface area contributed by atoms with Crippen LogP contribution in [0, 0.1) is 5.82 Å². The highest BCUT2D eigenvalue weighted by Gasteiger charge is 2.42. The molecule has 0 aliphatic carbocycles. The van der Waals surface area contributed by atoms with E-state index in [1.54, 1.807) is 0 Å².